The van der Waals surface area contributed by atoms with Crippen molar-refractivity contribution in [1.82, 2.24) is 9.88 Å². The van der Waals surface area contributed by atoms with Gasteiger partial charge in [0.15, 0.2) is 0 Å². The number of rotatable bonds is 3. The molecule has 0 bridgehead atoms. The molecular weight excluding hydrogens is 333 g/mol. The Labute approximate surface area is 152 Å². The lowest BCUT2D eigenvalue weighted by Crippen LogP contribution is -2.46. The smallest absolute Gasteiger partial charge is 0.256 e. The SMILES string of the molecule is O=C(c1ccccc1F)N1CCC2(CC1)CC(Nc1ccccn1)CO2. The van der Waals surface area contributed by atoms with Gasteiger partial charge in [0.25, 0.3) is 5.91 Å². The molecule has 0 saturated carbocycles. The van der Waals surface area contributed by atoms with Crippen LogP contribution in [0.4, 0.5) is 10.2 Å². The summed E-state index contributed by atoms with van der Waals surface area (Å²) >= 11 is 0. The van der Waals surface area contributed by atoms with Crippen molar-refractivity contribution in [3.8, 4) is 0 Å². The molecule has 1 aromatic carbocycles. The summed E-state index contributed by atoms with van der Waals surface area (Å²) in [7, 11) is 0. The minimum absolute atomic E-state index is 0.144. The molecule has 2 aliphatic rings. The van der Waals surface area contributed by atoms with Gasteiger partial charge in [-0.2, -0.15) is 0 Å². The van der Waals surface area contributed by atoms with Crippen LogP contribution in [0.5, 0.6) is 0 Å². The third kappa shape index (κ3) is 3.42. The van der Waals surface area contributed by atoms with Gasteiger partial charge in [0.2, 0.25) is 0 Å². The maximum Gasteiger partial charge on any atom is 0.256 e. The summed E-state index contributed by atoms with van der Waals surface area (Å²) < 4.78 is 20.0. The van der Waals surface area contributed by atoms with Gasteiger partial charge in [0, 0.05) is 19.3 Å². The second kappa shape index (κ2) is 7.03. The summed E-state index contributed by atoms with van der Waals surface area (Å²) in [6.45, 7) is 1.81. The highest BCUT2D eigenvalue weighted by Crippen LogP contribution is 2.37. The number of aromatic nitrogens is 1. The van der Waals surface area contributed by atoms with Crippen LogP contribution in [0, 0.1) is 5.82 Å². The topological polar surface area (TPSA) is 54.5 Å². The van der Waals surface area contributed by atoms with Crippen molar-refractivity contribution in [3.63, 3.8) is 0 Å². The Morgan fingerprint density at radius 3 is 2.69 bits per heavy atom. The number of carbonyl (C=O) groups is 1. The average molecular weight is 355 g/mol. The highest BCUT2D eigenvalue weighted by atomic mass is 19.1. The van der Waals surface area contributed by atoms with Gasteiger partial charge >= 0.3 is 0 Å². The van der Waals surface area contributed by atoms with E-state index in [4.69, 9.17) is 4.74 Å². The molecule has 5 nitrogen and oxygen atoms in total. The maximum absolute atomic E-state index is 13.9. The van der Waals surface area contributed by atoms with Gasteiger partial charge in [-0.3, -0.25) is 4.79 Å². The van der Waals surface area contributed by atoms with Crippen LogP contribution in [0.2, 0.25) is 0 Å². The maximum atomic E-state index is 13.9. The average Bonchev–Trinajstić information content (AvgIpc) is 3.05. The van der Waals surface area contributed by atoms with Gasteiger partial charge in [-0.1, -0.05) is 18.2 Å². The Morgan fingerprint density at radius 2 is 1.96 bits per heavy atom. The van der Waals surface area contributed by atoms with Crippen LogP contribution in [0.3, 0.4) is 0 Å². The Kier molecular flexibility index (Phi) is 4.59. The fraction of sp³-hybridized carbons (Fsp3) is 0.400. The summed E-state index contributed by atoms with van der Waals surface area (Å²) in [5.74, 6) is 0.152. The predicted molar refractivity (Wildman–Crippen MR) is 96.5 cm³/mol. The van der Waals surface area contributed by atoms with Crippen LogP contribution in [0.1, 0.15) is 29.6 Å². The number of nitrogens with one attached hydrogen (secondary N) is 1. The predicted octanol–water partition coefficient (Wildman–Crippen LogP) is 3.10. The Morgan fingerprint density at radius 1 is 1.19 bits per heavy atom. The number of pyridine rings is 1. The van der Waals surface area contributed by atoms with Crippen LogP contribution >= 0.6 is 0 Å². The number of ether oxygens (including phenoxy) is 1. The monoisotopic (exact) mass is 355 g/mol. The summed E-state index contributed by atoms with van der Waals surface area (Å²) in [5.41, 5.74) is -0.0520. The zero-order chi connectivity index (χ0) is 18.0. The fourth-order valence-corrected chi connectivity index (χ4v) is 3.87. The molecule has 2 saturated heterocycles. The minimum atomic E-state index is -0.463. The number of carbonyl (C=O) groups excluding carboxylic acids is 1. The molecule has 136 valence electrons. The Hall–Kier alpha value is -2.47. The summed E-state index contributed by atoms with van der Waals surface area (Å²) in [6, 6.07) is 12.2. The number of benzene rings is 1. The van der Waals surface area contributed by atoms with Crippen molar-refractivity contribution in [2.75, 3.05) is 25.0 Å². The molecule has 1 spiro atoms. The number of nitrogens with zero attached hydrogens (tertiary/aromatic N) is 2. The van der Waals surface area contributed by atoms with E-state index in [1.54, 1.807) is 29.3 Å². The van der Waals surface area contributed by atoms with Gasteiger partial charge in [-0.05, 0) is 43.5 Å². The molecule has 0 aliphatic carbocycles. The van der Waals surface area contributed by atoms with E-state index in [1.165, 1.54) is 6.07 Å². The van der Waals surface area contributed by atoms with E-state index < -0.39 is 5.82 Å². The van der Waals surface area contributed by atoms with Crippen LogP contribution in [0.25, 0.3) is 0 Å². The van der Waals surface area contributed by atoms with Gasteiger partial charge in [0.1, 0.15) is 11.6 Å². The first-order chi connectivity index (χ1) is 12.7. The van der Waals surface area contributed by atoms with E-state index in [1.807, 2.05) is 18.2 Å². The molecule has 1 atom stereocenters. The molecule has 3 heterocycles. The second-order valence-electron chi connectivity index (χ2n) is 7.03. The Balaban J connectivity index is 1.35. The number of piperidine rings is 1. The summed E-state index contributed by atoms with van der Waals surface area (Å²) in [6.07, 6.45) is 4.20. The van der Waals surface area contributed by atoms with E-state index in [0.717, 1.165) is 25.1 Å². The number of anilines is 1. The molecule has 1 unspecified atom stereocenters. The highest BCUT2D eigenvalue weighted by molar-refractivity contribution is 5.94. The van der Waals surface area contributed by atoms with E-state index in [2.05, 4.69) is 10.3 Å². The minimum Gasteiger partial charge on any atom is -0.373 e. The number of hydrogen-bond acceptors (Lipinski definition) is 4. The van der Waals surface area contributed by atoms with Crippen molar-refractivity contribution in [2.45, 2.75) is 30.9 Å². The fourth-order valence-electron chi connectivity index (χ4n) is 3.87. The molecule has 2 aliphatic heterocycles. The van der Waals surface area contributed by atoms with Gasteiger partial charge in [0.05, 0.1) is 23.8 Å². The second-order valence-corrected chi connectivity index (χ2v) is 7.03. The number of hydrogen-bond donors (Lipinski definition) is 1. The largest absolute Gasteiger partial charge is 0.373 e. The van der Waals surface area contributed by atoms with E-state index in [9.17, 15) is 9.18 Å². The van der Waals surface area contributed by atoms with Crippen molar-refractivity contribution in [3.05, 3.63) is 60.0 Å². The van der Waals surface area contributed by atoms with Crippen molar-refractivity contribution in [2.24, 2.45) is 0 Å². The van der Waals surface area contributed by atoms with Gasteiger partial charge < -0.3 is 15.0 Å². The Bertz CT molecular complexity index is 776. The lowest BCUT2D eigenvalue weighted by molar-refractivity contribution is -0.0388. The number of likely N-dealkylation sites (tertiary alicyclic amines) is 1. The molecular formula is C20H22FN3O2. The van der Waals surface area contributed by atoms with E-state index in [0.29, 0.717) is 19.7 Å². The molecule has 26 heavy (non-hydrogen) atoms. The lowest BCUT2D eigenvalue weighted by Gasteiger charge is -2.38. The quantitative estimate of drug-likeness (QED) is 0.919. The van der Waals surface area contributed by atoms with Crippen LogP contribution in [0.15, 0.2) is 48.7 Å². The molecule has 1 amide bonds. The van der Waals surface area contributed by atoms with Crippen LogP contribution in [-0.2, 0) is 4.74 Å². The third-order valence-electron chi connectivity index (χ3n) is 5.29. The molecule has 0 radical (unpaired) electrons. The molecule has 4 rings (SSSR count). The van der Waals surface area contributed by atoms with Crippen LogP contribution < -0.4 is 5.32 Å². The summed E-state index contributed by atoms with van der Waals surface area (Å²) in [5, 5.41) is 3.41. The molecule has 1 aromatic heterocycles. The van der Waals surface area contributed by atoms with Gasteiger partial charge in [-0.25, -0.2) is 9.37 Å². The van der Waals surface area contributed by atoms with Crippen LogP contribution in [-0.4, -0.2) is 47.1 Å². The molecule has 2 aromatic rings. The number of halogens is 1. The molecule has 2 fully saturated rings. The van der Waals surface area contributed by atoms with Crippen molar-refractivity contribution in [1.29, 1.82) is 0 Å². The highest BCUT2D eigenvalue weighted by Gasteiger charge is 2.43. The normalized spacial score (nSPS) is 21.7. The zero-order valence-corrected chi connectivity index (χ0v) is 14.5. The van der Waals surface area contributed by atoms with E-state index in [-0.39, 0.29) is 23.1 Å². The van der Waals surface area contributed by atoms with Gasteiger partial charge in [-0.15, -0.1) is 0 Å². The standard InChI is InChI=1S/C20H22FN3O2/c21-17-6-2-1-5-16(17)19(25)24-11-8-20(9-12-24)13-15(14-26-20)23-18-7-3-4-10-22-18/h1-7,10,15H,8-9,11-14H2,(H,22,23). The first kappa shape index (κ1) is 17.0. The van der Waals surface area contributed by atoms with E-state index >= 15 is 0 Å². The number of amides is 1. The van der Waals surface area contributed by atoms with Crippen molar-refractivity contribution >= 4 is 11.7 Å². The lowest BCUT2D eigenvalue weighted by atomic mass is 9.87. The third-order valence-corrected chi connectivity index (χ3v) is 5.29. The molecule has 6 heteroatoms. The summed E-state index contributed by atoms with van der Waals surface area (Å²) in [4.78, 5) is 18.6. The zero-order valence-electron chi connectivity index (χ0n) is 14.5. The first-order valence-electron chi connectivity index (χ1n) is 9.01. The molecule has 1 N–H and O–H groups in total. The van der Waals surface area contributed by atoms with Crippen molar-refractivity contribution < 1.29 is 13.9 Å². The first-order valence-corrected chi connectivity index (χ1v) is 9.01.